The molecule has 1 aromatic heterocycles. The summed E-state index contributed by atoms with van der Waals surface area (Å²) in [5.74, 6) is 0.358. The first-order chi connectivity index (χ1) is 10.2. The van der Waals surface area contributed by atoms with Crippen molar-refractivity contribution in [1.82, 2.24) is 10.3 Å². The van der Waals surface area contributed by atoms with E-state index in [1.165, 1.54) is 4.88 Å². The number of thiazole rings is 1. The highest BCUT2D eigenvalue weighted by atomic mass is 32.1. The molecule has 2 nitrogen and oxygen atoms in total. The lowest BCUT2D eigenvalue weighted by Crippen LogP contribution is -2.24. The molecule has 0 aliphatic carbocycles. The van der Waals surface area contributed by atoms with Gasteiger partial charge in [0.15, 0.2) is 0 Å². The van der Waals surface area contributed by atoms with Gasteiger partial charge in [-0.15, -0.1) is 11.3 Å². The minimum Gasteiger partial charge on any atom is -0.317 e. The Morgan fingerprint density at radius 2 is 2.14 bits per heavy atom. The third-order valence-corrected chi connectivity index (χ3v) is 4.77. The molecular formula is C17H23FN2S. The number of benzene rings is 1. The van der Waals surface area contributed by atoms with Gasteiger partial charge in [0, 0.05) is 4.88 Å². The maximum atomic E-state index is 13.8. The Morgan fingerprint density at radius 1 is 1.33 bits per heavy atom. The molecule has 1 unspecified atom stereocenters. The van der Waals surface area contributed by atoms with Crippen LogP contribution in [-0.2, 0) is 12.8 Å². The number of halogens is 1. The van der Waals surface area contributed by atoms with E-state index < -0.39 is 0 Å². The third kappa shape index (κ3) is 4.90. The number of rotatable bonds is 8. The molecule has 1 N–H and O–H groups in total. The summed E-state index contributed by atoms with van der Waals surface area (Å²) < 4.78 is 13.8. The molecule has 0 spiro atoms. The molecule has 0 saturated heterocycles. The van der Waals surface area contributed by atoms with Gasteiger partial charge in [-0.2, -0.15) is 0 Å². The highest BCUT2D eigenvalue weighted by Gasteiger charge is 2.13. The van der Waals surface area contributed by atoms with E-state index in [0.717, 1.165) is 43.6 Å². The van der Waals surface area contributed by atoms with Gasteiger partial charge < -0.3 is 5.32 Å². The van der Waals surface area contributed by atoms with E-state index in [1.54, 1.807) is 23.5 Å². The molecule has 0 fully saturated rings. The van der Waals surface area contributed by atoms with E-state index in [-0.39, 0.29) is 5.82 Å². The highest BCUT2D eigenvalue weighted by molar-refractivity contribution is 7.09. The molecular weight excluding hydrogens is 283 g/mol. The van der Waals surface area contributed by atoms with E-state index in [4.69, 9.17) is 0 Å². The van der Waals surface area contributed by atoms with Crippen LogP contribution in [0.2, 0.25) is 0 Å². The highest BCUT2D eigenvalue weighted by Crippen LogP contribution is 2.20. The fourth-order valence-corrected chi connectivity index (χ4v) is 3.30. The SMILES string of the molecule is CCNCC(CCc1scnc1C)Cc1ccccc1F. The Bertz CT molecular complexity index is 553. The van der Waals surface area contributed by atoms with Crippen molar-refractivity contribution in [2.45, 2.75) is 33.1 Å². The van der Waals surface area contributed by atoms with Crippen molar-refractivity contribution in [3.05, 3.63) is 51.7 Å². The van der Waals surface area contributed by atoms with Crippen LogP contribution in [0.5, 0.6) is 0 Å². The van der Waals surface area contributed by atoms with Crippen LogP contribution in [0.25, 0.3) is 0 Å². The molecule has 1 aromatic carbocycles. The van der Waals surface area contributed by atoms with Gasteiger partial charge in [0.25, 0.3) is 0 Å². The molecule has 2 aromatic rings. The van der Waals surface area contributed by atoms with Crippen LogP contribution in [0.3, 0.4) is 0 Å². The van der Waals surface area contributed by atoms with Crippen LogP contribution >= 0.6 is 11.3 Å². The van der Waals surface area contributed by atoms with Crippen LogP contribution in [-0.4, -0.2) is 18.1 Å². The van der Waals surface area contributed by atoms with Crippen molar-refractivity contribution < 1.29 is 4.39 Å². The number of aryl methyl sites for hydroxylation is 2. The Balaban J connectivity index is 1.97. The van der Waals surface area contributed by atoms with Crippen molar-refractivity contribution in [1.29, 1.82) is 0 Å². The van der Waals surface area contributed by atoms with Gasteiger partial charge in [-0.3, -0.25) is 0 Å². The zero-order valence-corrected chi connectivity index (χ0v) is 13.5. The van der Waals surface area contributed by atoms with Crippen molar-refractivity contribution in [2.75, 3.05) is 13.1 Å². The zero-order valence-electron chi connectivity index (χ0n) is 12.7. The lowest BCUT2D eigenvalue weighted by atomic mass is 9.94. The maximum Gasteiger partial charge on any atom is 0.126 e. The van der Waals surface area contributed by atoms with Gasteiger partial charge in [0.1, 0.15) is 5.82 Å². The summed E-state index contributed by atoms with van der Waals surface area (Å²) >= 11 is 1.72. The second kappa shape index (κ2) is 8.25. The predicted octanol–water partition coefficient (Wildman–Crippen LogP) is 3.99. The van der Waals surface area contributed by atoms with Crippen molar-refractivity contribution in [2.24, 2.45) is 5.92 Å². The second-order valence-electron chi connectivity index (χ2n) is 5.37. The Hall–Kier alpha value is -1.26. The van der Waals surface area contributed by atoms with Crippen LogP contribution in [0.4, 0.5) is 4.39 Å². The van der Waals surface area contributed by atoms with Gasteiger partial charge in [-0.05, 0) is 56.8 Å². The lowest BCUT2D eigenvalue weighted by molar-refractivity contribution is 0.441. The normalized spacial score (nSPS) is 12.5. The average molecular weight is 306 g/mol. The van der Waals surface area contributed by atoms with E-state index in [9.17, 15) is 4.39 Å². The Labute approximate surface area is 130 Å². The molecule has 4 heteroatoms. The summed E-state index contributed by atoms with van der Waals surface area (Å²) in [6.45, 7) is 6.05. The molecule has 0 aliphatic heterocycles. The first kappa shape index (κ1) is 16.1. The Kier molecular flexibility index (Phi) is 6.33. The lowest BCUT2D eigenvalue weighted by Gasteiger charge is -2.17. The number of nitrogens with zero attached hydrogens (tertiary/aromatic N) is 1. The smallest absolute Gasteiger partial charge is 0.126 e. The van der Waals surface area contributed by atoms with E-state index in [0.29, 0.717) is 5.92 Å². The molecule has 0 saturated carbocycles. The number of hydrogen-bond acceptors (Lipinski definition) is 3. The number of nitrogens with one attached hydrogen (secondary N) is 1. The van der Waals surface area contributed by atoms with Gasteiger partial charge in [0.05, 0.1) is 11.2 Å². The zero-order chi connectivity index (χ0) is 15.1. The minimum atomic E-state index is -0.0898. The second-order valence-corrected chi connectivity index (χ2v) is 6.31. The van der Waals surface area contributed by atoms with Crippen molar-refractivity contribution in [3.63, 3.8) is 0 Å². The van der Waals surface area contributed by atoms with Crippen molar-refractivity contribution >= 4 is 11.3 Å². The summed E-state index contributed by atoms with van der Waals surface area (Å²) in [7, 11) is 0. The molecule has 0 aliphatic rings. The van der Waals surface area contributed by atoms with Crippen LogP contribution in [0.1, 0.15) is 29.5 Å². The van der Waals surface area contributed by atoms with Gasteiger partial charge in [-0.25, -0.2) is 9.37 Å². The molecule has 1 atom stereocenters. The molecule has 114 valence electrons. The monoisotopic (exact) mass is 306 g/mol. The summed E-state index contributed by atoms with van der Waals surface area (Å²) in [5.41, 5.74) is 3.86. The fraction of sp³-hybridized carbons (Fsp3) is 0.471. The molecule has 0 amide bonds. The first-order valence-electron chi connectivity index (χ1n) is 7.53. The summed E-state index contributed by atoms with van der Waals surface area (Å²) in [6.07, 6.45) is 2.88. The maximum absolute atomic E-state index is 13.8. The van der Waals surface area contributed by atoms with Crippen LogP contribution < -0.4 is 5.32 Å². The average Bonchev–Trinajstić information content (AvgIpc) is 2.89. The number of aromatic nitrogens is 1. The van der Waals surface area contributed by atoms with Crippen molar-refractivity contribution in [3.8, 4) is 0 Å². The molecule has 0 bridgehead atoms. The van der Waals surface area contributed by atoms with Gasteiger partial charge >= 0.3 is 0 Å². The summed E-state index contributed by atoms with van der Waals surface area (Å²) in [6, 6.07) is 7.11. The molecule has 0 radical (unpaired) electrons. The minimum absolute atomic E-state index is 0.0898. The van der Waals surface area contributed by atoms with Crippen LogP contribution in [0, 0.1) is 18.7 Å². The first-order valence-corrected chi connectivity index (χ1v) is 8.41. The third-order valence-electron chi connectivity index (χ3n) is 3.77. The van der Waals surface area contributed by atoms with E-state index in [2.05, 4.69) is 24.1 Å². The largest absolute Gasteiger partial charge is 0.317 e. The topological polar surface area (TPSA) is 24.9 Å². The van der Waals surface area contributed by atoms with Gasteiger partial charge in [-0.1, -0.05) is 25.1 Å². The fourth-order valence-electron chi connectivity index (χ4n) is 2.50. The molecule has 2 rings (SSSR count). The predicted molar refractivity (Wildman–Crippen MR) is 87.3 cm³/mol. The van der Waals surface area contributed by atoms with Gasteiger partial charge in [0.2, 0.25) is 0 Å². The van der Waals surface area contributed by atoms with E-state index >= 15 is 0 Å². The summed E-state index contributed by atoms with van der Waals surface area (Å²) in [5, 5.41) is 3.40. The van der Waals surface area contributed by atoms with E-state index in [1.807, 2.05) is 17.6 Å². The van der Waals surface area contributed by atoms with Crippen LogP contribution in [0.15, 0.2) is 29.8 Å². The molecule has 21 heavy (non-hydrogen) atoms. The quantitative estimate of drug-likeness (QED) is 0.797. The number of hydrogen-bond donors (Lipinski definition) is 1. The standard InChI is InChI=1S/C17H23FN2S/c1-3-19-11-14(8-9-17-13(2)20-12-21-17)10-15-6-4-5-7-16(15)18/h4-7,12,14,19H,3,8-11H2,1-2H3. The summed E-state index contributed by atoms with van der Waals surface area (Å²) in [4.78, 5) is 5.65. The molecule has 1 heterocycles. The Morgan fingerprint density at radius 3 is 2.81 bits per heavy atom.